The fraction of sp³-hybridized carbons (Fsp3) is 0.143. The summed E-state index contributed by atoms with van der Waals surface area (Å²) < 4.78 is 2.70. The molecule has 0 bridgehead atoms. The predicted molar refractivity (Wildman–Crippen MR) is 204 cm³/mol. The monoisotopic (exact) mass is 638 g/mol. The summed E-state index contributed by atoms with van der Waals surface area (Å²) in [6.07, 6.45) is 9.77. The molecule has 0 spiro atoms. The van der Waals surface area contributed by atoms with Crippen molar-refractivity contribution in [3.8, 4) is 44.5 Å². The Labute approximate surface area is 274 Å². The zero-order valence-electron chi connectivity index (χ0n) is 26.8. The van der Waals surface area contributed by atoms with Crippen molar-refractivity contribution in [2.45, 2.75) is 33.4 Å². The minimum absolute atomic E-state index is 1.02. The third-order valence-electron chi connectivity index (χ3n) is 9.65. The molecule has 0 aliphatic carbocycles. The van der Waals surface area contributed by atoms with Crippen LogP contribution in [0.15, 0.2) is 141 Å². The summed E-state index contributed by atoms with van der Waals surface area (Å²) in [4.78, 5) is 6.03. The van der Waals surface area contributed by atoms with Crippen LogP contribution in [-0.4, -0.2) is 25.0 Å². The zero-order chi connectivity index (χ0) is 31.1. The Morgan fingerprint density at radius 1 is 0.378 bits per heavy atom. The minimum Gasteiger partial charge on any atom is -0.192 e. The van der Waals surface area contributed by atoms with Crippen LogP contribution in [0.4, 0.5) is 0 Å². The number of thiophene rings is 1. The summed E-state index contributed by atoms with van der Waals surface area (Å²) in [6.45, 7) is 4.00. The molecule has 6 aromatic carbocycles. The standard InChI is InChI=1S/C40H32S3.C2H6/c1-42(2)37-11-7-5-9-29(37)31-17-13-27(23-39(31)42)25-15-19-35-33(21-25)34-22-26(16-20-36(34)41-35)28-14-18-32-30-10-6-8-12-38(30)43(3,4)40(32)24-28;1-2/h5-24H,1-4H3;1-2H3. The highest BCUT2D eigenvalue weighted by Gasteiger charge is 2.32. The van der Waals surface area contributed by atoms with Crippen LogP contribution in [0.3, 0.4) is 0 Å². The van der Waals surface area contributed by atoms with Gasteiger partial charge in [0.25, 0.3) is 0 Å². The normalized spacial score (nSPS) is 16.2. The fourth-order valence-electron chi connectivity index (χ4n) is 7.33. The quantitative estimate of drug-likeness (QED) is 0.177. The molecule has 0 nitrogen and oxygen atoms in total. The average Bonchev–Trinajstić information content (AvgIpc) is 3.64. The van der Waals surface area contributed by atoms with E-state index in [1.165, 1.54) is 84.3 Å². The summed E-state index contributed by atoms with van der Waals surface area (Å²) in [6, 6.07) is 46.4. The van der Waals surface area contributed by atoms with Crippen LogP contribution in [0.2, 0.25) is 0 Å². The maximum absolute atomic E-state index is 2.47. The van der Waals surface area contributed by atoms with Gasteiger partial charge in [-0.2, -0.15) is 20.1 Å². The van der Waals surface area contributed by atoms with Gasteiger partial charge < -0.3 is 0 Å². The average molecular weight is 639 g/mol. The van der Waals surface area contributed by atoms with Crippen LogP contribution in [0.25, 0.3) is 64.7 Å². The third kappa shape index (κ3) is 4.21. The molecule has 1 aromatic heterocycles. The molecule has 0 saturated carbocycles. The van der Waals surface area contributed by atoms with Crippen molar-refractivity contribution in [2.24, 2.45) is 0 Å². The number of fused-ring (bicyclic) bond motifs is 9. The van der Waals surface area contributed by atoms with Crippen molar-refractivity contribution in [1.82, 2.24) is 0 Å². The molecule has 224 valence electrons. The second-order valence-electron chi connectivity index (χ2n) is 12.6. The number of rotatable bonds is 2. The molecular formula is C42H38S3. The lowest BCUT2D eigenvalue weighted by molar-refractivity contribution is 1.44. The summed E-state index contributed by atoms with van der Waals surface area (Å²) in [5.74, 6) is 0. The highest BCUT2D eigenvalue weighted by atomic mass is 32.3. The van der Waals surface area contributed by atoms with E-state index in [0.717, 1.165) is 0 Å². The van der Waals surface area contributed by atoms with E-state index in [1.54, 1.807) is 0 Å². The molecule has 0 amide bonds. The lowest BCUT2D eigenvalue weighted by atomic mass is 9.97. The lowest BCUT2D eigenvalue weighted by Crippen LogP contribution is -1.93. The van der Waals surface area contributed by atoms with Gasteiger partial charge in [-0.15, -0.1) is 11.3 Å². The van der Waals surface area contributed by atoms with Crippen molar-refractivity contribution in [3.63, 3.8) is 0 Å². The van der Waals surface area contributed by atoms with Crippen molar-refractivity contribution in [1.29, 1.82) is 0 Å². The Balaban J connectivity index is 0.00000147. The zero-order valence-corrected chi connectivity index (χ0v) is 29.2. The van der Waals surface area contributed by atoms with E-state index in [2.05, 4.69) is 146 Å². The predicted octanol–water partition coefficient (Wildman–Crippen LogP) is 13.3. The molecule has 9 rings (SSSR count). The first-order valence-electron chi connectivity index (χ1n) is 15.7. The van der Waals surface area contributed by atoms with Crippen molar-refractivity contribution in [3.05, 3.63) is 121 Å². The molecule has 2 aliphatic heterocycles. The lowest BCUT2D eigenvalue weighted by Gasteiger charge is -2.28. The summed E-state index contributed by atoms with van der Waals surface area (Å²) >= 11 is 1.90. The SMILES string of the molecule is CC.CS1(C)c2ccccc2-c2ccc(-c3ccc4sc5ccc(-c6ccc7c(c6)S(C)(C)c6ccccc6-7)cc5c4c3)cc21. The molecule has 0 N–H and O–H groups in total. The van der Waals surface area contributed by atoms with Gasteiger partial charge in [-0.25, -0.2) is 0 Å². The van der Waals surface area contributed by atoms with E-state index < -0.39 is 20.1 Å². The summed E-state index contributed by atoms with van der Waals surface area (Å²) in [5, 5.41) is 2.71. The van der Waals surface area contributed by atoms with Gasteiger partial charge in [0.1, 0.15) is 0 Å². The maximum atomic E-state index is 2.47. The number of hydrogen-bond donors (Lipinski definition) is 0. The third-order valence-corrected chi connectivity index (χ3v) is 16.6. The van der Waals surface area contributed by atoms with E-state index in [4.69, 9.17) is 0 Å². The number of benzene rings is 6. The summed E-state index contributed by atoms with van der Waals surface area (Å²) in [7, 11) is -2.05. The highest BCUT2D eigenvalue weighted by Crippen LogP contribution is 2.68. The molecule has 2 aliphatic rings. The topological polar surface area (TPSA) is 0 Å². The van der Waals surface area contributed by atoms with Gasteiger partial charge in [-0.05, 0) is 118 Å². The van der Waals surface area contributed by atoms with E-state index in [-0.39, 0.29) is 0 Å². The second kappa shape index (κ2) is 10.4. The molecule has 0 saturated heterocycles. The molecule has 0 radical (unpaired) electrons. The van der Waals surface area contributed by atoms with E-state index >= 15 is 0 Å². The van der Waals surface area contributed by atoms with E-state index in [1.807, 2.05) is 25.2 Å². The molecule has 7 aromatic rings. The molecule has 0 atom stereocenters. The van der Waals surface area contributed by atoms with Gasteiger partial charge >= 0.3 is 0 Å². The smallest absolute Gasteiger partial charge is 0.0355 e. The first-order valence-corrected chi connectivity index (χ1v) is 21.4. The maximum Gasteiger partial charge on any atom is 0.0355 e. The first kappa shape index (κ1) is 28.7. The molecule has 3 heteroatoms. The molecule has 0 fully saturated rings. The van der Waals surface area contributed by atoms with Crippen LogP contribution in [0, 0.1) is 0 Å². The van der Waals surface area contributed by atoms with Crippen molar-refractivity contribution < 1.29 is 0 Å². The molecular weight excluding hydrogens is 601 g/mol. The van der Waals surface area contributed by atoms with Crippen LogP contribution in [0.1, 0.15) is 13.8 Å². The Bertz CT molecular complexity index is 2140. The largest absolute Gasteiger partial charge is 0.192 e. The first-order chi connectivity index (χ1) is 21.8. The van der Waals surface area contributed by atoms with Gasteiger partial charge in [-0.3, -0.25) is 0 Å². The summed E-state index contributed by atoms with van der Waals surface area (Å²) in [5.41, 5.74) is 10.9. The van der Waals surface area contributed by atoms with Gasteiger partial charge in [0.15, 0.2) is 0 Å². The fourth-order valence-corrected chi connectivity index (χ4v) is 13.5. The Morgan fingerprint density at radius 2 is 0.733 bits per heavy atom. The highest BCUT2D eigenvalue weighted by molar-refractivity contribution is 8.33. The Kier molecular flexibility index (Phi) is 6.62. The second-order valence-corrected chi connectivity index (χ2v) is 20.7. The van der Waals surface area contributed by atoms with Crippen LogP contribution in [-0.2, 0) is 0 Å². The van der Waals surface area contributed by atoms with Gasteiger partial charge in [0.2, 0.25) is 0 Å². The number of hydrogen-bond acceptors (Lipinski definition) is 1. The van der Waals surface area contributed by atoms with Gasteiger partial charge in [0, 0.05) is 39.8 Å². The van der Waals surface area contributed by atoms with Gasteiger partial charge in [-0.1, -0.05) is 86.6 Å². The van der Waals surface area contributed by atoms with Crippen LogP contribution >= 0.6 is 31.4 Å². The van der Waals surface area contributed by atoms with Crippen molar-refractivity contribution in [2.75, 3.05) is 25.0 Å². The van der Waals surface area contributed by atoms with E-state index in [0.29, 0.717) is 0 Å². The van der Waals surface area contributed by atoms with Crippen LogP contribution < -0.4 is 0 Å². The molecule has 3 heterocycles. The van der Waals surface area contributed by atoms with Crippen molar-refractivity contribution >= 4 is 51.6 Å². The minimum atomic E-state index is -1.02. The van der Waals surface area contributed by atoms with E-state index in [9.17, 15) is 0 Å². The Hall–Kier alpha value is -3.76. The Morgan fingerprint density at radius 3 is 1.18 bits per heavy atom. The molecule has 45 heavy (non-hydrogen) atoms. The molecule has 0 unspecified atom stereocenters. The van der Waals surface area contributed by atoms with Crippen LogP contribution in [0.5, 0.6) is 0 Å². The van der Waals surface area contributed by atoms with Gasteiger partial charge in [0.05, 0.1) is 0 Å².